The van der Waals surface area contributed by atoms with Crippen molar-refractivity contribution < 1.29 is 4.79 Å². The number of aromatic nitrogens is 1. The molecule has 3 N–H and O–H groups in total. The highest BCUT2D eigenvalue weighted by Crippen LogP contribution is 2.27. The summed E-state index contributed by atoms with van der Waals surface area (Å²) in [6.07, 6.45) is 0.435. The van der Waals surface area contributed by atoms with E-state index in [2.05, 4.69) is 4.98 Å². The third kappa shape index (κ3) is 1.59. The Morgan fingerprint density at radius 1 is 1.53 bits per heavy atom. The van der Waals surface area contributed by atoms with E-state index in [0.29, 0.717) is 22.8 Å². The topological polar surface area (TPSA) is 58.9 Å². The fourth-order valence-electron chi connectivity index (χ4n) is 1.59. The van der Waals surface area contributed by atoms with E-state index in [1.165, 1.54) is 0 Å². The Hall–Kier alpha value is -1.48. The number of benzene rings is 1. The van der Waals surface area contributed by atoms with Crippen molar-refractivity contribution in [1.82, 2.24) is 4.98 Å². The third-order valence-electron chi connectivity index (χ3n) is 2.40. The number of nitrogen functional groups attached to an aromatic ring is 1. The molecule has 4 heteroatoms. The number of ketones is 1. The lowest BCUT2D eigenvalue weighted by molar-refractivity contribution is 0.0985. The largest absolute Gasteiger partial charge is 0.396 e. The molecule has 2 aromatic rings. The van der Waals surface area contributed by atoms with Crippen molar-refractivity contribution in [2.24, 2.45) is 0 Å². The Labute approximate surface area is 92.2 Å². The Morgan fingerprint density at radius 2 is 2.27 bits per heavy atom. The smallest absolute Gasteiger partial charge is 0.180 e. The predicted molar refractivity (Wildman–Crippen MR) is 62.3 cm³/mol. The van der Waals surface area contributed by atoms with E-state index in [1.807, 2.05) is 6.07 Å². The molecule has 1 aromatic carbocycles. The first-order valence-electron chi connectivity index (χ1n) is 4.73. The molecule has 0 saturated heterocycles. The molecular weight excluding hydrogens is 212 g/mol. The third-order valence-corrected chi connectivity index (χ3v) is 2.64. The normalized spacial score (nSPS) is 10.8. The fraction of sp³-hybridized carbons (Fsp3) is 0.182. The number of carbonyl (C=O) groups is 1. The lowest BCUT2D eigenvalue weighted by atomic mass is 10.2. The molecule has 2 rings (SSSR count). The number of fused-ring (bicyclic) bond motifs is 1. The van der Waals surface area contributed by atoms with E-state index in [0.717, 1.165) is 10.9 Å². The van der Waals surface area contributed by atoms with E-state index in [9.17, 15) is 4.79 Å². The maximum absolute atomic E-state index is 11.5. The van der Waals surface area contributed by atoms with Crippen molar-refractivity contribution >= 4 is 34.0 Å². The van der Waals surface area contributed by atoms with E-state index in [1.54, 1.807) is 19.1 Å². The average molecular weight is 223 g/mol. The summed E-state index contributed by atoms with van der Waals surface area (Å²) in [6, 6.07) is 5.34. The van der Waals surface area contributed by atoms with Gasteiger partial charge in [0.2, 0.25) is 0 Å². The van der Waals surface area contributed by atoms with Gasteiger partial charge in [-0.25, -0.2) is 0 Å². The Morgan fingerprint density at radius 3 is 2.93 bits per heavy atom. The molecule has 0 amide bonds. The number of hydrogen-bond acceptors (Lipinski definition) is 2. The molecule has 1 heterocycles. The lowest BCUT2D eigenvalue weighted by Gasteiger charge is -1.94. The maximum atomic E-state index is 11.5. The minimum atomic E-state index is 0.0137. The summed E-state index contributed by atoms with van der Waals surface area (Å²) in [5, 5.41) is 1.47. The SMILES string of the molecule is CCC(=O)c1[nH]c2cc(Cl)ccc2c1N. The van der Waals surface area contributed by atoms with Crippen molar-refractivity contribution in [2.75, 3.05) is 5.73 Å². The van der Waals surface area contributed by atoms with Crippen LogP contribution < -0.4 is 5.73 Å². The van der Waals surface area contributed by atoms with Crippen LogP contribution in [0.15, 0.2) is 18.2 Å². The number of nitrogens with one attached hydrogen (secondary N) is 1. The van der Waals surface area contributed by atoms with E-state index >= 15 is 0 Å². The first kappa shape index (κ1) is 10.1. The monoisotopic (exact) mass is 222 g/mol. The summed E-state index contributed by atoms with van der Waals surface area (Å²) in [5.41, 5.74) is 7.66. The number of carbonyl (C=O) groups excluding carboxylic acids is 1. The highest BCUT2D eigenvalue weighted by atomic mass is 35.5. The zero-order chi connectivity index (χ0) is 11.0. The number of halogens is 1. The van der Waals surface area contributed by atoms with Crippen molar-refractivity contribution in [3.05, 3.63) is 28.9 Å². The van der Waals surface area contributed by atoms with Crippen LogP contribution in [-0.2, 0) is 0 Å². The van der Waals surface area contributed by atoms with Gasteiger partial charge in [0.25, 0.3) is 0 Å². The van der Waals surface area contributed by atoms with Gasteiger partial charge in [0.05, 0.1) is 5.69 Å². The van der Waals surface area contributed by atoms with Gasteiger partial charge in [-0.3, -0.25) is 4.79 Å². The lowest BCUT2D eigenvalue weighted by Crippen LogP contribution is -2.00. The molecular formula is C11H11ClN2O. The highest BCUT2D eigenvalue weighted by Gasteiger charge is 2.13. The minimum Gasteiger partial charge on any atom is -0.396 e. The summed E-state index contributed by atoms with van der Waals surface area (Å²) in [6.45, 7) is 1.81. The van der Waals surface area contributed by atoms with Gasteiger partial charge in [-0.2, -0.15) is 0 Å². The first-order valence-corrected chi connectivity index (χ1v) is 5.11. The van der Waals surface area contributed by atoms with Crippen molar-refractivity contribution in [2.45, 2.75) is 13.3 Å². The van der Waals surface area contributed by atoms with Gasteiger partial charge in [-0.05, 0) is 18.2 Å². The second-order valence-corrected chi connectivity index (χ2v) is 3.82. The van der Waals surface area contributed by atoms with Gasteiger partial charge in [0, 0.05) is 22.3 Å². The molecule has 0 aliphatic rings. The molecule has 78 valence electrons. The molecule has 0 saturated carbocycles. The second kappa shape index (κ2) is 3.59. The summed E-state index contributed by atoms with van der Waals surface area (Å²) in [4.78, 5) is 14.5. The van der Waals surface area contributed by atoms with Crippen LogP contribution in [0.25, 0.3) is 10.9 Å². The molecule has 0 aliphatic heterocycles. The number of Topliss-reactive ketones (excluding diaryl/α,β-unsaturated/α-hetero) is 1. The summed E-state index contributed by atoms with van der Waals surface area (Å²) in [5.74, 6) is 0.0137. The Balaban J connectivity index is 2.69. The van der Waals surface area contributed by atoms with Crippen molar-refractivity contribution in [3.63, 3.8) is 0 Å². The summed E-state index contributed by atoms with van der Waals surface area (Å²) >= 11 is 5.85. The van der Waals surface area contributed by atoms with Crippen molar-refractivity contribution in [3.8, 4) is 0 Å². The number of aromatic amines is 1. The van der Waals surface area contributed by atoms with Crippen LogP contribution >= 0.6 is 11.6 Å². The highest BCUT2D eigenvalue weighted by molar-refractivity contribution is 6.31. The minimum absolute atomic E-state index is 0.0137. The van der Waals surface area contributed by atoms with Gasteiger partial charge in [0.15, 0.2) is 5.78 Å². The van der Waals surface area contributed by atoms with Crippen LogP contribution in [0.2, 0.25) is 5.02 Å². The summed E-state index contributed by atoms with van der Waals surface area (Å²) < 4.78 is 0. The molecule has 15 heavy (non-hydrogen) atoms. The van der Waals surface area contributed by atoms with Crippen LogP contribution in [0, 0.1) is 0 Å². The first-order chi connectivity index (χ1) is 7.13. The molecule has 0 bridgehead atoms. The Kier molecular flexibility index (Phi) is 2.40. The molecule has 0 radical (unpaired) electrons. The van der Waals surface area contributed by atoms with Crippen LogP contribution in [0.4, 0.5) is 5.69 Å². The van der Waals surface area contributed by atoms with Crippen LogP contribution in [0.3, 0.4) is 0 Å². The second-order valence-electron chi connectivity index (χ2n) is 3.38. The average Bonchev–Trinajstić information content (AvgIpc) is 2.54. The number of nitrogens with two attached hydrogens (primary N) is 1. The van der Waals surface area contributed by atoms with Gasteiger partial charge in [-0.15, -0.1) is 0 Å². The van der Waals surface area contributed by atoms with E-state index < -0.39 is 0 Å². The van der Waals surface area contributed by atoms with Gasteiger partial charge in [0.1, 0.15) is 5.69 Å². The van der Waals surface area contributed by atoms with Gasteiger partial charge in [-0.1, -0.05) is 18.5 Å². The van der Waals surface area contributed by atoms with E-state index in [4.69, 9.17) is 17.3 Å². The number of hydrogen-bond donors (Lipinski definition) is 2. The predicted octanol–water partition coefficient (Wildman–Crippen LogP) is 3.00. The fourth-order valence-corrected chi connectivity index (χ4v) is 1.76. The summed E-state index contributed by atoms with van der Waals surface area (Å²) in [7, 11) is 0. The van der Waals surface area contributed by atoms with Crippen LogP contribution in [-0.4, -0.2) is 10.8 Å². The molecule has 3 nitrogen and oxygen atoms in total. The molecule has 1 aromatic heterocycles. The maximum Gasteiger partial charge on any atom is 0.180 e. The van der Waals surface area contributed by atoms with Gasteiger partial charge >= 0.3 is 0 Å². The van der Waals surface area contributed by atoms with E-state index in [-0.39, 0.29) is 5.78 Å². The zero-order valence-corrected chi connectivity index (χ0v) is 9.06. The molecule has 0 spiro atoms. The standard InChI is InChI=1S/C11H11ClN2O/c1-2-9(15)11-10(13)7-4-3-6(12)5-8(7)14-11/h3-5,14H,2,13H2,1H3. The number of anilines is 1. The molecule has 0 aliphatic carbocycles. The zero-order valence-electron chi connectivity index (χ0n) is 8.30. The quantitative estimate of drug-likeness (QED) is 0.768. The molecule has 0 fully saturated rings. The van der Waals surface area contributed by atoms with Crippen LogP contribution in [0.1, 0.15) is 23.8 Å². The molecule has 0 atom stereocenters. The van der Waals surface area contributed by atoms with Gasteiger partial charge < -0.3 is 10.7 Å². The number of H-pyrrole nitrogens is 1. The number of rotatable bonds is 2. The Bertz CT molecular complexity index is 531. The van der Waals surface area contributed by atoms with Crippen molar-refractivity contribution in [1.29, 1.82) is 0 Å². The molecule has 0 unspecified atom stereocenters. The van der Waals surface area contributed by atoms with Crippen LogP contribution in [0.5, 0.6) is 0 Å².